The Labute approximate surface area is 257 Å². The largest absolute Gasteiger partial charge is 0.508 e. The summed E-state index contributed by atoms with van der Waals surface area (Å²) in [6.45, 7) is -0.0482. The minimum Gasteiger partial charge on any atom is -0.508 e. The van der Waals surface area contributed by atoms with Gasteiger partial charge in [0.15, 0.2) is 6.29 Å². The summed E-state index contributed by atoms with van der Waals surface area (Å²) in [5.74, 6) is -0.0982. The van der Waals surface area contributed by atoms with Crippen LogP contribution in [0.1, 0.15) is 54.8 Å². The van der Waals surface area contributed by atoms with Gasteiger partial charge < -0.3 is 25.0 Å². The summed E-state index contributed by atoms with van der Waals surface area (Å²) < 4.78 is 14.4. The second-order valence-corrected chi connectivity index (χ2v) is 11.1. The van der Waals surface area contributed by atoms with E-state index in [4.69, 9.17) is 14.7 Å². The van der Waals surface area contributed by atoms with Gasteiger partial charge in [-0.15, -0.1) is 5.10 Å². The molecule has 14 heteroatoms. The van der Waals surface area contributed by atoms with Crippen molar-refractivity contribution in [1.82, 2.24) is 25.7 Å². The number of carbonyl (C=O) groups excluding carboxylic acids is 2. The SMILES string of the molecule is O=C(CCCC(=O)Nc1ccc([C@H]2O[C@@H](CSc3nnnn3-c3ccc(O)cc3)C[C@@H](c3ccc(CO)cc3)O2)cc1)NO. The second kappa shape index (κ2) is 14.9. The van der Waals surface area contributed by atoms with Crippen molar-refractivity contribution in [2.45, 2.75) is 55.9 Å². The lowest BCUT2D eigenvalue weighted by Gasteiger charge is -2.36. The van der Waals surface area contributed by atoms with Crippen LogP contribution in [-0.2, 0) is 25.7 Å². The number of benzene rings is 3. The summed E-state index contributed by atoms with van der Waals surface area (Å²) in [4.78, 5) is 23.4. The van der Waals surface area contributed by atoms with Crippen molar-refractivity contribution in [3.05, 3.63) is 89.5 Å². The van der Waals surface area contributed by atoms with E-state index in [-0.39, 0.29) is 43.3 Å². The van der Waals surface area contributed by atoms with Gasteiger partial charge in [0.2, 0.25) is 17.0 Å². The number of aromatic nitrogens is 4. The molecule has 1 saturated heterocycles. The third-order valence-corrected chi connectivity index (χ3v) is 8.00. The molecule has 230 valence electrons. The molecule has 3 atom stereocenters. The number of hydrogen-bond donors (Lipinski definition) is 5. The van der Waals surface area contributed by atoms with E-state index in [0.717, 1.165) is 16.7 Å². The zero-order chi connectivity index (χ0) is 30.9. The summed E-state index contributed by atoms with van der Waals surface area (Å²) in [6, 6.07) is 21.4. The third-order valence-electron chi connectivity index (χ3n) is 6.95. The molecule has 5 rings (SSSR count). The molecule has 1 aliphatic rings. The number of thioether (sulfide) groups is 1. The number of anilines is 1. The number of aliphatic hydroxyl groups excluding tert-OH is 1. The first-order chi connectivity index (χ1) is 21.4. The highest BCUT2D eigenvalue weighted by molar-refractivity contribution is 7.99. The third kappa shape index (κ3) is 8.18. The minimum atomic E-state index is -0.688. The Hall–Kier alpha value is -4.34. The standard InChI is InChI=1S/C30H32N6O7S/c37-17-19-4-6-20(7-5-19)26-16-25(18-44-30-32-34-35-36(30)23-12-14-24(38)15-13-23)42-29(43-26)21-8-10-22(11-9-21)31-27(39)2-1-3-28(40)33-41/h4-15,25-26,29,37-38,41H,1-3,16-18H2,(H,31,39)(H,33,40)/t25-,26+,29+/m1/s1. The molecule has 44 heavy (non-hydrogen) atoms. The van der Waals surface area contributed by atoms with Crippen LogP contribution in [0.25, 0.3) is 5.69 Å². The zero-order valence-electron chi connectivity index (χ0n) is 23.6. The van der Waals surface area contributed by atoms with E-state index < -0.39 is 12.2 Å². The number of tetrazole rings is 1. The number of nitrogens with one attached hydrogen (secondary N) is 2. The van der Waals surface area contributed by atoms with Crippen LogP contribution in [0, 0.1) is 0 Å². The molecule has 4 aromatic rings. The molecule has 2 heterocycles. The Morgan fingerprint density at radius 1 is 0.932 bits per heavy atom. The number of phenols is 1. The van der Waals surface area contributed by atoms with Crippen molar-refractivity contribution in [3.63, 3.8) is 0 Å². The van der Waals surface area contributed by atoms with Gasteiger partial charge in [0.05, 0.1) is 24.5 Å². The fourth-order valence-electron chi connectivity index (χ4n) is 4.63. The number of carbonyl (C=O) groups is 2. The summed E-state index contributed by atoms with van der Waals surface area (Å²) in [7, 11) is 0. The van der Waals surface area contributed by atoms with Gasteiger partial charge in [-0.25, -0.2) is 5.48 Å². The summed E-state index contributed by atoms with van der Waals surface area (Å²) >= 11 is 1.44. The van der Waals surface area contributed by atoms with Crippen molar-refractivity contribution >= 4 is 29.3 Å². The van der Waals surface area contributed by atoms with Crippen LogP contribution in [0.5, 0.6) is 5.75 Å². The van der Waals surface area contributed by atoms with Crippen molar-refractivity contribution in [2.24, 2.45) is 0 Å². The lowest BCUT2D eigenvalue weighted by atomic mass is 10.0. The molecule has 0 bridgehead atoms. The Morgan fingerprint density at radius 3 is 2.34 bits per heavy atom. The van der Waals surface area contributed by atoms with Crippen LogP contribution in [0.15, 0.2) is 78.0 Å². The number of phenolic OH excluding ortho intramolecular Hbond substituents is 1. The van der Waals surface area contributed by atoms with Crippen LogP contribution in [-0.4, -0.2) is 59.3 Å². The Balaban J connectivity index is 1.27. The van der Waals surface area contributed by atoms with Crippen LogP contribution in [0.2, 0.25) is 0 Å². The van der Waals surface area contributed by atoms with Gasteiger partial charge in [-0.3, -0.25) is 14.8 Å². The molecule has 0 unspecified atom stereocenters. The van der Waals surface area contributed by atoms with Gasteiger partial charge in [0, 0.05) is 36.3 Å². The minimum absolute atomic E-state index is 0.0482. The number of ether oxygens (including phenoxy) is 2. The van der Waals surface area contributed by atoms with Crippen LogP contribution in [0.4, 0.5) is 5.69 Å². The van der Waals surface area contributed by atoms with Crippen LogP contribution >= 0.6 is 11.8 Å². The fourth-order valence-corrected chi connectivity index (χ4v) is 5.54. The van der Waals surface area contributed by atoms with Gasteiger partial charge in [-0.1, -0.05) is 48.2 Å². The lowest BCUT2D eigenvalue weighted by Crippen LogP contribution is -2.31. The molecule has 0 radical (unpaired) electrons. The number of hydroxylamine groups is 1. The maximum atomic E-state index is 12.3. The molecule has 2 amide bonds. The van der Waals surface area contributed by atoms with Crippen molar-refractivity contribution < 1.29 is 34.5 Å². The monoisotopic (exact) mass is 620 g/mol. The highest BCUT2D eigenvalue weighted by Crippen LogP contribution is 2.39. The van der Waals surface area contributed by atoms with Gasteiger partial charge in [0.1, 0.15) is 5.75 Å². The molecule has 0 spiro atoms. The molecular formula is C30H32N6O7S. The molecule has 13 nitrogen and oxygen atoms in total. The molecule has 1 fully saturated rings. The average Bonchev–Trinajstić information content (AvgIpc) is 3.53. The molecule has 1 aliphatic heterocycles. The molecule has 0 saturated carbocycles. The summed E-state index contributed by atoms with van der Waals surface area (Å²) in [5, 5.41) is 43.1. The molecule has 5 N–H and O–H groups in total. The van der Waals surface area contributed by atoms with Gasteiger partial charge >= 0.3 is 0 Å². The van der Waals surface area contributed by atoms with Crippen molar-refractivity contribution in [2.75, 3.05) is 11.1 Å². The highest BCUT2D eigenvalue weighted by Gasteiger charge is 2.32. The van der Waals surface area contributed by atoms with E-state index in [2.05, 4.69) is 20.8 Å². The van der Waals surface area contributed by atoms with Crippen LogP contribution < -0.4 is 10.8 Å². The predicted octanol–water partition coefficient (Wildman–Crippen LogP) is 3.81. The number of aliphatic hydroxyl groups is 1. The number of aromatic hydroxyl groups is 1. The highest BCUT2D eigenvalue weighted by atomic mass is 32.2. The maximum Gasteiger partial charge on any atom is 0.243 e. The first kappa shape index (κ1) is 31.1. The smallest absolute Gasteiger partial charge is 0.243 e. The van der Waals surface area contributed by atoms with Crippen molar-refractivity contribution in [1.29, 1.82) is 0 Å². The summed E-state index contributed by atoms with van der Waals surface area (Å²) in [5.41, 5.74) is 5.38. The molecule has 0 aliphatic carbocycles. The van der Waals surface area contributed by atoms with Gasteiger partial charge in [-0.2, -0.15) is 4.68 Å². The molecule has 3 aromatic carbocycles. The first-order valence-corrected chi connectivity index (χ1v) is 14.9. The first-order valence-electron chi connectivity index (χ1n) is 14.0. The van der Waals surface area contributed by atoms with Crippen LogP contribution in [0.3, 0.4) is 0 Å². The average molecular weight is 621 g/mol. The van der Waals surface area contributed by atoms with E-state index in [0.29, 0.717) is 35.1 Å². The predicted molar refractivity (Wildman–Crippen MR) is 159 cm³/mol. The topological polar surface area (TPSA) is 181 Å². The quantitative estimate of drug-likeness (QED) is 0.0883. The Morgan fingerprint density at radius 2 is 1.64 bits per heavy atom. The van der Waals surface area contributed by atoms with Crippen molar-refractivity contribution in [3.8, 4) is 11.4 Å². The van der Waals surface area contributed by atoms with Gasteiger partial charge in [0.25, 0.3) is 0 Å². The second-order valence-electron chi connectivity index (χ2n) is 10.1. The van der Waals surface area contributed by atoms with E-state index in [1.165, 1.54) is 11.8 Å². The van der Waals surface area contributed by atoms with E-state index in [9.17, 15) is 19.8 Å². The zero-order valence-corrected chi connectivity index (χ0v) is 24.4. The molecule has 1 aromatic heterocycles. The number of amides is 2. The lowest BCUT2D eigenvalue weighted by molar-refractivity contribution is -0.245. The number of nitrogens with zero attached hydrogens (tertiary/aromatic N) is 4. The Kier molecular flexibility index (Phi) is 10.5. The van der Waals surface area contributed by atoms with E-state index in [1.54, 1.807) is 46.6 Å². The van der Waals surface area contributed by atoms with E-state index in [1.807, 2.05) is 36.4 Å². The summed E-state index contributed by atoms with van der Waals surface area (Å²) in [6.07, 6.45) is -0.138. The van der Waals surface area contributed by atoms with E-state index >= 15 is 0 Å². The maximum absolute atomic E-state index is 12.3. The van der Waals surface area contributed by atoms with Gasteiger partial charge in [-0.05, 0) is 64.4 Å². The molecular weight excluding hydrogens is 588 g/mol. The number of rotatable bonds is 12. The normalized spacial score (nSPS) is 18.1. The Bertz CT molecular complexity index is 1530. The number of hydrogen-bond acceptors (Lipinski definition) is 11. The fraction of sp³-hybridized carbons (Fsp3) is 0.300.